The lowest BCUT2D eigenvalue weighted by Gasteiger charge is -2.28. The van der Waals surface area contributed by atoms with Gasteiger partial charge in [-0.2, -0.15) is 0 Å². The molecule has 1 heterocycles. The molecule has 0 atom stereocenters. The summed E-state index contributed by atoms with van der Waals surface area (Å²) in [5.41, 5.74) is 19.3. The van der Waals surface area contributed by atoms with Crippen LogP contribution in [0.3, 0.4) is 0 Å². The highest BCUT2D eigenvalue weighted by atomic mass is 15.1. The molecule has 0 unspecified atom stereocenters. The normalized spacial score (nSPS) is 12.7. The topological polar surface area (TPSA) is 8.17 Å². The molecule has 0 spiro atoms. The van der Waals surface area contributed by atoms with E-state index in [0.717, 1.165) is 17.1 Å². The van der Waals surface area contributed by atoms with Gasteiger partial charge in [0.15, 0.2) is 0 Å². The Labute approximate surface area is 391 Å². The number of fused-ring (bicyclic) bond motifs is 8. The minimum absolute atomic E-state index is 0.121. The van der Waals surface area contributed by atoms with Gasteiger partial charge in [-0.15, -0.1) is 0 Å². The van der Waals surface area contributed by atoms with Crippen LogP contribution < -0.4 is 4.90 Å². The fraction of sp³-hybridized carbons (Fsp3) is 0.0462. The molecule has 0 saturated carbocycles. The Morgan fingerprint density at radius 3 is 1.67 bits per heavy atom. The molecule has 0 amide bonds. The molecule has 13 rings (SSSR count). The summed E-state index contributed by atoms with van der Waals surface area (Å²) in [5.74, 6) is 0. The molecule has 0 radical (unpaired) electrons. The third-order valence-corrected chi connectivity index (χ3v) is 14.3. The molecule has 1 aliphatic rings. The van der Waals surface area contributed by atoms with Crippen molar-refractivity contribution < 1.29 is 0 Å². The Hall–Kier alpha value is -8.46. The number of aromatic nitrogens is 1. The monoisotopic (exact) mass is 854 g/mol. The van der Waals surface area contributed by atoms with Crippen LogP contribution >= 0.6 is 0 Å². The number of anilines is 3. The molecule has 67 heavy (non-hydrogen) atoms. The number of benzene rings is 11. The third kappa shape index (κ3) is 6.48. The number of para-hydroxylation sites is 1. The summed E-state index contributed by atoms with van der Waals surface area (Å²) in [6, 6.07) is 89.5. The Kier molecular flexibility index (Phi) is 8.91. The zero-order valence-corrected chi connectivity index (χ0v) is 37.5. The van der Waals surface area contributed by atoms with Crippen molar-refractivity contribution in [3.05, 3.63) is 254 Å². The zero-order valence-electron chi connectivity index (χ0n) is 37.5. The van der Waals surface area contributed by atoms with Crippen LogP contribution in [-0.4, -0.2) is 4.57 Å². The molecule has 316 valence electrons. The van der Waals surface area contributed by atoms with Crippen LogP contribution in [0.15, 0.2) is 243 Å². The highest BCUT2D eigenvalue weighted by Crippen LogP contribution is 2.51. The van der Waals surface area contributed by atoms with Crippen molar-refractivity contribution in [2.45, 2.75) is 19.3 Å². The molecule has 0 saturated heterocycles. The summed E-state index contributed by atoms with van der Waals surface area (Å²) in [6.45, 7) is 4.72. The van der Waals surface area contributed by atoms with E-state index in [2.05, 4.69) is 266 Å². The summed E-state index contributed by atoms with van der Waals surface area (Å²) in [6.07, 6.45) is 0. The molecule has 0 N–H and O–H groups in total. The molecule has 0 fully saturated rings. The second kappa shape index (κ2) is 15.3. The quantitative estimate of drug-likeness (QED) is 0.155. The Morgan fingerprint density at radius 2 is 0.866 bits per heavy atom. The second-order valence-corrected chi connectivity index (χ2v) is 18.6. The Morgan fingerprint density at radius 1 is 0.313 bits per heavy atom. The lowest BCUT2D eigenvalue weighted by atomic mass is 9.82. The Balaban J connectivity index is 0.895. The van der Waals surface area contributed by atoms with Crippen LogP contribution in [-0.2, 0) is 5.41 Å². The summed E-state index contributed by atoms with van der Waals surface area (Å²) in [5, 5.41) is 7.49. The molecule has 11 aromatic carbocycles. The zero-order chi connectivity index (χ0) is 44.6. The minimum Gasteiger partial charge on any atom is -0.310 e. The molecule has 1 aliphatic carbocycles. The van der Waals surface area contributed by atoms with Crippen molar-refractivity contribution >= 4 is 60.4 Å². The smallest absolute Gasteiger partial charge is 0.0541 e. The molecule has 0 bridgehead atoms. The molecule has 1 aromatic heterocycles. The highest BCUT2D eigenvalue weighted by molar-refractivity contribution is 6.11. The molecule has 0 aliphatic heterocycles. The summed E-state index contributed by atoms with van der Waals surface area (Å²) < 4.78 is 2.41. The van der Waals surface area contributed by atoms with Crippen molar-refractivity contribution in [1.29, 1.82) is 0 Å². The van der Waals surface area contributed by atoms with Gasteiger partial charge in [0.05, 0.1) is 11.0 Å². The second-order valence-electron chi connectivity index (χ2n) is 18.6. The first-order chi connectivity index (χ1) is 32.9. The van der Waals surface area contributed by atoms with E-state index in [1.807, 2.05) is 0 Å². The average molecular weight is 855 g/mol. The van der Waals surface area contributed by atoms with Crippen LogP contribution in [0.25, 0.3) is 93.5 Å². The van der Waals surface area contributed by atoms with Gasteiger partial charge in [-0.3, -0.25) is 0 Å². The summed E-state index contributed by atoms with van der Waals surface area (Å²) >= 11 is 0. The first kappa shape index (κ1) is 39.0. The van der Waals surface area contributed by atoms with Crippen molar-refractivity contribution in [2.24, 2.45) is 0 Å². The van der Waals surface area contributed by atoms with E-state index in [9.17, 15) is 0 Å². The molecule has 12 aromatic rings. The predicted octanol–water partition coefficient (Wildman–Crippen LogP) is 17.9. The van der Waals surface area contributed by atoms with E-state index in [0.29, 0.717) is 0 Å². The van der Waals surface area contributed by atoms with E-state index < -0.39 is 0 Å². The molecule has 2 heteroatoms. The maximum Gasteiger partial charge on any atom is 0.0541 e. The van der Waals surface area contributed by atoms with E-state index in [-0.39, 0.29) is 5.41 Å². The van der Waals surface area contributed by atoms with Crippen molar-refractivity contribution in [3.8, 4) is 50.2 Å². The molecule has 2 nitrogen and oxygen atoms in total. The summed E-state index contributed by atoms with van der Waals surface area (Å²) in [7, 11) is 0. The lowest BCUT2D eigenvalue weighted by Crippen LogP contribution is -2.16. The van der Waals surface area contributed by atoms with Gasteiger partial charge in [-0.25, -0.2) is 0 Å². The third-order valence-electron chi connectivity index (χ3n) is 14.3. The van der Waals surface area contributed by atoms with Gasteiger partial charge in [0, 0.05) is 38.9 Å². The SMILES string of the molecule is CC1(C)c2ccccc2-c2ccc(N(c3ccc(-c4ccc5ccccc5c4)cc3)c3cccc(-c4cccc(-c5ccc6c(c5)c5ccccc5n6-c5ccc6ccccc6c5)c4)c3)cc21. The predicted molar refractivity (Wildman–Crippen MR) is 284 cm³/mol. The number of hydrogen-bond donors (Lipinski definition) is 0. The fourth-order valence-electron chi connectivity index (χ4n) is 10.9. The maximum atomic E-state index is 2.43. The first-order valence-electron chi connectivity index (χ1n) is 23.3. The molecular formula is C65H46N2. The number of rotatable bonds is 7. The van der Waals surface area contributed by atoms with Crippen molar-refractivity contribution in [1.82, 2.24) is 4.57 Å². The van der Waals surface area contributed by atoms with E-state index in [4.69, 9.17) is 0 Å². The van der Waals surface area contributed by atoms with Crippen LogP contribution in [0.1, 0.15) is 25.0 Å². The average Bonchev–Trinajstić information content (AvgIpc) is 3.84. The van der Waals surface area contributed by atoms with Crippen LogP contribution in [0.4, 0.5) is 17.1 Å². The van der Waals surface area contributed by atoms with Crippen LogP contribution in [0, 0.1) is 0 Å². The molecular weight excluding hydrogens is 809 g/mol. The highest BCUT2D eigenvalue weighted by Gasteiger charge is 2.35. The van der Waals surface area contributed by atoms with Gasteiger partial charge in [0.2, 0.25) is 0 Å². The van der Waals surface area contributed by atoms with Crippen molar-refractivity contribution in [3.63, 3.8) is 0 Å². The van der Waals surface area contributed by atoms with Gasteiger partial charge in [-0.1, -0.05) is 178 Å². The maximum absolute atomic E-state index is 2.43. The number of hydrogen-bond acceptors (Lipinski definition) is 1. The summed E-state index contributed by atoms with van der Waals surface area (Å²) in [4.78, 5) is 2.43. The van der Waals surface area contributed by atoms with Gasteiger partial charge >= 0.3 is 0 Å². The first-order valence-corrected chi connectivity index (χ1v) is 23.3. The van der Waals surface area contributed by atoms with Gasteiger partial charge in [0.1, 0.15) is 0 Å². The minimum atomic E-state index is -0.121. The number of nitrogens with zero attached hydrogens (tertiary/aromatic N) is 2. The van der Waals surface area contributed by atoms with Crippen LogP contribution in [0.2, 0.25) is 0 Å². The largest absolute Gasteiger partial charge is 0.310 e. The van der Waals surface area contributed by atoms with Gasteiger partial charge < -0.3 is 9.47 Å². The fourth-order valence-corrected chi connectivity index (χ4v) is 10.9. The van der Waals surface area contributed by atoms with Gasteiger partial charge in [-0.05, 0) is 156 Å². The van der Waals surface area contributed by atoms with E-state index >= 15 is 0 Å². The standard InChI is InChI=1S/C65H46N2/c1-65(2)61-23-9-7-21-57(61)58-35-34-56(42-62(58)65)66(53-31-27-45(28-32-53)51-26-25-43-13-3-5-15-46(43)37-51)54-20-12-19-50(40-54)47-17-11-18-48(38-47)52-30-36-64-60(41-52)59-22-8-10-24-63(59)67(64)55-33-29-44-14-4-6-16-49(44)39-55/h3-42H,1-2H3. The lowest BCUT2D eigenvalue weighted by molar-refractivity contribution is 0.660. The van der Waals surface area contributed by atoms with E-state index in [1.165, 1.54) is 105 Å². The van der Waals surface area contributed by atoms with Crippen molar-refractivity contribution in [2.75, 3.05) is 4.90 Å². The van der Waals surface area contributed by atoms with E-state index in [1.54, 1.807) is 0 Å². The Bertz CT molecular complexity index is 3910. The van der Waals surface area contributed by atoms with Crippen LogP contribution in [0.5, 0.6) is 0 Å². The van der Waals surface area contributed by atoms with Gasteiger partial charge in [0.25, 0.3) is 0 Å².